The zero-order chi connectivity index (χ0) is 23.2. The van der Waals surface area contributed by atoms with E-state index >= 15 is 0 Å². The SMILES string of the molecule is COCC#Cc1ccc(Nc2c(C#N)cnc3cc(OCCF)c(OC)cc23)c2c1OCO2. The predicted octanol–water partition coefficient (Wildman–Crippen LogP) is 3.93. The van der Waals surface area contributed by atoms with Crippen LogP contribution < -0.4 is 24.3 Å². The lowest BCUT2D eigenvalue weighted by molar-refractivity contribution is 0.174. The summed E-state index contributed by atoms with van der Waals surface area (Å²) < 4.78 is 39.7. The maximum atomic E-state index is 12.6. The fourth-order valence-electron chi connectivity index (χ4n) is 3.37. The van der Waals surface area contributed by atoms with Crippen molar-refractivity contribution in [3.63, 3.8) is 0 Å². The van der Waals surface area contributed by atoms with E-state index in [9.17, 15) is 9.65 Å². The zero-order valence-corrected chi connectivity index (χ0v) is 18.0. The average Bonchev–Trinajstić information content (AvgIpc) is 3.34. The van der Waals surface area contributed by atoms with Gasteiger partial charge in [0, 0.05) is 24.8 Å². The first kappa shape index (κ1) is 22.0. The molecule has 0 radical (unpaired) electrons. The first-order valence-corrected chi connectivity index (χ1v) is 9.97. The molecule has 0 amide bonds. The molecule has 0 fully saturated rings. The lowest BCUT2D eigenvalue weighted by Crippen LogP contribution is -2.02. The molecule has 0 spiro atoms. The Labute approximate surface area is 189 Å². The number of methoxy groups -OCH3 is 2. The van der Waals surface area contributed by atoms with Gasteiger partial charge in [-0.25, -0.2) is 4.39 Å². The second-order valence-corrected chi connectivity index (χ2v) is 6.80. The van der Waals surface area contributed by atoms with Crippen LogP contribution in [0.25, 0.3) is 10.9 Å². The lowest BCUT2D eigenvalue weighted by atomic mass is 10.1. The summed E-state index contributed by atoms with van der Waals surface area (Å²) in [7, 11) is 3.06. The van der Waals surface area contributed by atoms with Gasteiger partial charge in [-0.3, -0.25) is 4.98 Å². The second-order valence-electron chi connectivity index (χ2n) is 6.80. The Morgan fingerprint density at radius 2 is 2.00 bits per heavy atom. The Balaban J connectivity index is 1.80. The molecule has 4 rings (SSSR count). The number of aromatic nitrogens is 1. The van der Waals surface area contributed by atoms with Gasteiger partial charge in [-0.1, -0.05) is 11.8 Å². The van der Waals surface area contributed by atoms with Crippen molar-refractivity contribution in [2.45, 2.75) is 0 Å². The zero-order valence-electron chi connectivity index (χ0n) is 18.0. The summed E-state index contributed by atoms with van der Waals surface area (Å²) in [5, 5.41) is 13.6. The van der Waals surface area contributed by atoms with Gasteiger partial charge in [-0.2, -0.15) is 5.26 Å². The van der Waals surface area contributed by atoms with Crippen LogP contribution >= 0.6 is 0 Å². The lowest BCUT2D eigenvalue weighted by Gasteiger charge is -2.16. The molecular weight excluding hydrogens is 429 g/mol. The number of fused-ring (bicyclic) bond motifs is 2. The van der Waals surface area contributed by atoms with Gasteiger partial charge in [0.15, 0.2) is 23.0 Å². The second kappa shape index (κ2) is 9.94. The van der Waals surface area contributed by atoms with Crippen molar-refractivity contribution in [3.05, 3.63) is 41.6 Å². The number of anilines is 2. The van der Waals surface area contributed by atoms with Gasteiger partial charge in [-0.05, 0) is 18.2 Å². The highest BCUT2D eigenvalue weighted by atomic mass is 19.1. The van der Waals surface area contributed by atoms with Gasteiger partial charge in [-0.15, -0.1) is 0 Å². The van der Waals surface area contributed by atoms with E-state index in [1.165, 1.54) is 13.3 Å². The molecule has 8 nitrogen and oxygen atoms in total. The van der Waals surface area contributed by atoms with E-state index in [4.69, 9.17) is 23.7 Å². The minimum absolute atomic E-state index is 0.0538. The standard InChI is InChI=1S/C24H20FN3O5/c1-29-8-3-4-15-5-6-18(24-23(15)32-14-33-24)28-22-16(12-26)13-27-19-11-21(31-9-7-25)20(30-2)10-17(19)22/h5-6,10-11,13H,7-9,14H2,1-2H3,(H,27,28). The van der Waals surface area contributed by atoms with Crippen LogP contribution in [0.2, 0.25) is 0 Å². The molecule has 3 aromatic rings. The highest BCUT2D eigenvalue weighted by molar-refractivity contribution is 5.98. The Kier molecular flexibility index (Phi) is 6.63. The largest absolute Gasteiger partial charge is 0.493 e. The van der Waals surface area contributed by atoms with Gasteiger partial charge >= 0.3 is 0 Å². The van der Waals surface area contributed by atoms with Crippen molar-refractivity contribution in [1.29, 1.82) is 5.26 Å². The number of hydrogen-bond acceptors (Lipinski definition) is 8. The van der Waals surface area contributed by atoms with E-state index in [1.54, 1.807) is 31.4 Å². The molecule has 0 bridgehead atoms. The molecule has 1 aliphatic rings. The molecule has 1 N–H and O–H groups in total. The third-order valence-corrected chi connectivity index (χ3v) is 4.83. The average molecular weight is 449 g/mol. The summed E-state index contributed by atoms with van der Waals surface area (Å²) in [6.45, 7) is -0.387. The summed E-state index contributed by atoms with van der Waals surface area (Å²) >= 11 is 0. The van der Waals surface area contributed by atoms with Gasteiger partial charge in [0.2, 0.25) is 6.79 Å². The molecule has 9 heteroatoms. The number of rotatable bonds is 7. The van der Waals surface area contributed by atoms with E-state index in [1.807, 2.05) is 0 Å². The first-order valence-electron chi connectivity index (χ1n) is 9.97. The van der Waals surface area contributed by atoms with E-state index < -0.39 is 6.67 Å². The fourth-order valence-corrected chi connectivity index (χ4v) is 3.37. The molecule has 33 heavy (non-hydrogen) atoms. The van der Waals surface area contributed by atoms with E-state index in [0.29, 0.717) is 63.0 Å². The number of alkyl halides is 1. The number of nitriles is 1. The van der Waals surface area contributed by atoms with Crippen LogP contribution in [-0.2, 0) is 4.74 Å². The van der Waals surface area contributed by atoms with Gasteiger partial charge < -0.3 is 29.0 Å². The maximum Gasteiger partial charge on any atom is 0.231 e. The third-order valence-electron chi connectivity index (χ3n) is 4.83. The van der Waals surface area contributed by atoms with Crippen molar-refractivity contribution < 1.29 is 28.1 Å². The number of benzene rings is 2. The van der Waals surface area contributed by atoms with Crippen LogP contribution in [0.4, 0.5) is 15.8 Å². The van der Waals surface area contributed by atoms with Crippen molar-refractivity contribution in [1.82, 2.24) is 4.98 Å². The highest BCUT2D eigenvalue weighted by Gasteiger charge is 2.23. The number of halogens is 1. The molecule has 2 heterocycles. The van der Waals surface area contributed by atoms with Crippen LogP contribution in [0.15, 0.2) is 30.5 Å². The van der Waals surface area contributed by atoms with E-state index in [-0.39, 0.29) is 13.4 Å². The van der Waals surface area contributed by atoms with Crippen molar-refractivity contribution in [3.8, 4) is 40.9 Å². The van der Waals surface area contributed by atoms with Gasteiger partial charge in [0.05, 0.1) is 35.1 Å². The number of pyridine rings is 1. The fraction of sp³-hybridized carbons (Fsp3) is 0.250. The molecule has 0 aliphatic carbocycles. The summed E-state index contributed by atoms with van der Waals surface area (Å²) in [5.74, 6) is 7.66. The van der Waals surface area contributed by atoms with Crippen LogP contribution in [0, 0.1) is 23.2 Å². The van der Waals surface area contributed by atoms with Crippen molar-refractivity contribution in [2.75, 3.05) is 46.2 Å². The number of hydrogen-bond donors (Lipinski definition) is 1. The summed E-state index contributed by atoms with van der Waals surface area (Å²) in [6, 6.07) is 9.10. The number of ether oxygens (including phenoxy) is 5. The van der Waals surface area contributed by atoms with Crippen molar-refractivity contribution in [2.24, 2.45) is 0 Å². The molecule has 0 atom stereocenters. The molecule has 0 saturated heterocycles. The summed E-state index contributed by atoms with van der Waals surface area (Å²) in [4.78, 5) is 4.35. The quantitative estimate of drug-likeness (QED) is 0.542. The highest BCUT2D eigenvalue weighted by Crippen LogP contribution is 2.44. The van der Waals surface area contributed by atoms with Crippen LogP contribution in [0.5, 0.6) is 23.0 Å². The summed E-state index contributed by atoms with van der Waals surface area (Å²) in [6.07, 6.45) is 1.46. The maximum absolute atomic E-state index is 12.6. The minimum Gasteiger partial charge on any atom is -0.493 e. The van der Waals surface area contributed by atoms with E-state index in [2.05, 4.69) is 28.2 Å². The molecular formula is C24H20FN3O5. The predicted molar refractivity (Wildman–Crippen MR) is 119 cm³/mol. The molecule has 0 saturated carbocycles. The minimum atomic E-state index is -0.631. The van der Waals surface area contributed by atoms with Crippen LogP contribution in [0.1, 0.15) is 11.1 Å². The van der Waals surface area contributed by atoms with Crippen molar-refractivity contribution >= 4 is 22.3 Å². The van der Waals surface area contributed by atoms with E-state index in [0.717, 1.165) is 0 Å². The molecule has 1 aromatic heterocycles. The monoisotopic (exact) mass is 449 g/mol. The van der Waals surface area contributed by atoms with Gasteiger partial charge in [0.1, 0.15) is 26.0 Å². The Bertz CT molecular complexity index is 1290. The first-order chi connectivity index (χ1) is 16.2. The smallest absolute Gasteiger partial charge is 0.231 e. The topological polar surface area (TPSA) is 94.9 Å². The number of nitrogens with zero attached hydrogens (tertiary/aromatic N) is 2. The number of nitrogens with one attached hydrogen (secondary N) is 1. The Hall–Kier alpha value is -4.21. The van der Waals surface area contributed by atoms with Crippen LogP contribution in [-0.4, -0.2) is 45.9 Å². The molecule has 2 aromatic carbocycles. The molecule has 1 aliphatic heterocycles. The normalized spacial score (nSPS) is 11.5. The molecule has 168 valence electrons. The Morgan fingerprint density at radius 3 is 2.76 bits per heavy atom. The molecule has 0 unspecified atom stereocenters. The van der Waals surface area contributed by atoms with Crippen LogP contribution in [0.3, 0.4) is 0 Å². The summed E-state index contributed by atoms with van der Waals surface area (Å²) in [5.41, 5.74) is 2.64. The van der Waals surface area contributed by atoms with Gasteiger partial charge in [0.25, 0.3) is 0 Å². The third kappa shape index (κ3) is 4.40. The Morgan fingerprint density at radius 1 is 1.15 bits per heavy atom.